The van der Waals surface area contributed by atoms with Gasteiger partial charge in [0, 0.05) is 12.1 Å². The summed E-state index contributed by atoms with van der Waals surface area (Å²) in [6, 6.07) is 16.4. The lowest BCUT2D eigenvalue weighted by molar-refractivity contribution is -0.127. The second kappa shape index (κ2) is 7.24. The van der Waals surface area contributed by atoms with Gasteiger partial charge in [0.15, 0.2) is 6.10 Å². The fourth-order valence-electron chi connectivity index (χ4n) is 1.85. The van der Waals surface area contributed by atoms with Crippen molar-refractivity contribution in [3.63, 3.8) is 0 Å². The Morgan fingerprint density at radius 3 is 2.67 bits per heavy atom. The number of carbonyl (C=O) groups excluding carboxylic acids is 2. The van der Waals surface area contributed by atoms with Crippen molar-refractivity contribution in [2.45, 2.75) is 19.6 Å². The average Bonchev–Trinajstić information content (AvgIpc) is 2.53. The maximum atomic E-state index is 12.0. The first-order chi connectivity index (χ1) is 10.2. The number of hydrogen-bond donors (Lipinski definition) is 1. The molecule has 0 aromatic heterocycles. The van der Waals surface area contributed by atoms with E-state index in [2.05, 4.69) is 5.32 Å². The van der Waals surface area contributed by atoms with E-state index in [9.17, 15) is 9.59 Å². The van der Waals surface area contributed by atoms with E-state index < -0.39 is 6.10 Å². The van der Waals surface area contributed by atoms with E-state index in [0.29, 0.717) is 17.9 Å². The van der Waals surface area contributed by atoms with Gasteiger partial charge in [0.25, 0.3) is 5.91 Å². The van der Waals surface area contributed by atoms with E-state index in [-0.39, 0.29) is 5.91 Å². The van der Waals surface area contributed by atoms with Crippen LogP contribution in [0.5, 0.6) is 5.75 Å². The fraction of sp³-hybridized carbons (Fsp3) is 0.176. The minimum Gasteiger partial charge on any atom is -0.481 e. The number of carbonyl (C=O) groups is 2. The van der Waals surface area contributed by atoms with Gasteiger partial charge >= 0.3 is 0 Å². The van der Waals surface area contributed by atoms with Gasteiger partial charge in [0.05, 0.1) is 0 Å². The van der Waals surface area contributed by atoms with Gasteiger partial charge in [0.2, 0.25) is 0 Å². The third kappa shape index (κ3) is 4.45. The number of aldehydes is 1. The van der Waals surface area contributed by atoms with Crippen molar-refractivity contribution in [3.05, 3.63) is 65.7 Å². The van der Waals surface area contributed by atoms with Gasteiger partial charge in [-0.3, -0.25) is 9.59 Å². The van der Waals surface area contributed by atoms with Crippen molar-refractivity contribution in [1.82, 2.24) is 5.32 Å². The molecule has 2 rings (SSSR count). The molecule has 1 N–H and O–H groups in total. The molecule has 4 heteroatoms. The van der Waals surface area contributed by atoms with Crippen molar-refractivity contribution < 1.29 is 14.3 Å². The van der Waals surface area contributed by atoms with Crippen LogP contribution >= 0.6 is 0 Å². The van der Waals surface area contributed by atoms with Crippen LogP contribution in [0.2, 0.25) is 0 Å². The average molecular weight is 283 g/mol. The summed E-state index contributed by atoms with van der Waals surface area (Å²) in [6.45, 7) is 2.13. The molecule has 1 atom stereocenters. The third-order valence-electron chi connectivity index (χ3n) is 2.99. The quantitative estimate of drug-likeness (QED) is 0.829. The van der Waals surface area contributed by atoms with Gasteiger partial charge in [-0.2, -0.15) is 0 Å². The highest BCUT2D eigenvalue weighted by atomic mass is 16.5. The van der Waals surface area contributed by atoms with Crippen molar-refractivity contribution >= 4 is 12.2 Å². The number of hydrogen-bond acceptors (Lipinski definition) is 3. The van der Waals surface area contributed by atoms with Gasteiger partial charge in [-0.15, -0.1) is 0 Å². The first-order valence-electron chi connectivity index (χ1n) is 6.72. The third-order valence-corrected chi connectivity index (χ3v) is 2.99. The van der Waals surface area contributed by atoms with E-state index >= 15 is 0 Å². The molecule has 0 unspecified atom stereocenters. The number of benzene rings is 2. The maximum absolute atomic E-state index is 12.0. The Labute approximate surface area is 123 Å². The Hall–Kier alpha value is -2.62. The molecule has 0 radical (unpaired) electrons. The lowest BCUT2D eigenvalue weighted by Crippen LogP contribution is -2.35. The summed E-state index contributed by atoms with van der Waals surface area (Å²) in [5.41, 5.74) is 1.55. The normalized spacial score (nSPS) is 11.5. The van der Waals surface area contributed by atoms with Gasteiger partial charge in [0.1, 0.15) is 12.0 Å². The molecule has 0 saturated carbocycles. The van der Waals surface area contributed by atoms with Gasteiger partial charge in [-0.25, -0.2) is 0 Å². The summed E-state index contributed by atoms with van der Waals surface area (Å²) in [7, 11) is 0. The van der Waals surface area contributed by atoms with Crippen molar-refractivity contribution in [2.24, 2.45) is 0 Å². The smallest absolute Gasteiger partial charge is 0.261 e. The lowest BCUT2D eigenvalue weighted by Gasteiger charge is -2.15. The zero-order valence-corrected chi connectivity index (χ0v) is 11.8. The molecule has 21 heavy (non-hydrogen) atoms. The zero-order valence-electron chi connectivity index (χ0n) is 11.8. The largest absolute Gasteiger partial charge is 0.481 e. The molecule has 0 fully saturated rings. The summed E-state index contributed by atoms with van der Waals surface area (Å²) in [6.07, 6.45) is 0.114. The second-order valence-electron chi connectivity index (χ2n) is 4.65. The van der Waals surface area contributed by atoms with Gasteiger partial charge in [-0.1, -0.05) is 42.5 Å². The minimum absolute atomic E-state index is 0.199. The summed E-state index contributed by atoms with van der Waals surface area (Å²) >= 11 is 0. The van der Waals surface area contributed by atoms with Crippen LogP contribution in [0.4, 0.5) is 0 Å². The van der Waals surface area contributed by atoms with Crippen LogP contribution in [-0.4, -0.2) is 18.3 Å². The van der Waals surface area contributed by atoms with Crippen LogP contribution < -0.4 is 10.1 Å². The summed E-state index contributed by atoms with van der Waals surface area (Å²) in [5.74, 6) is 0.303. The molecule has 0 saturated heterocycles. The number of nitrogens with one attached hydrogen (secondary N) is 1. The zero-order chi connectivity index (χ0) is 15.1. The van der Waals surface area contributed by atoms with E-state index in [1.807, 2.05) is 30.3 Å². The fourth-order valence-corrected chi connectivity index (χ4v) is 1.85. The van der Waals surface area contributed by atoms with Crippen molar-refractivity contribution in [2.75, 3.05) is 0 Å². The monoisotopic (exact) mass is 283 g/mol. The molecule has 0 aliphatic rings. The first-order valence-corrected chi connectivity index (χ1v) is 6.72. The minimum atomic E-state index is -0.629. The van der Waals surface area contributed by atoms with Crippen LogP contribution in [0, 0.1) is 0 Å². The molecule has 108 valence electrons. The SMILES string of the molecule is C[C@H](Oc1cccc(C=O)c1)C(=O)NCc1ccccc1. The molecule has 4 nitrogen and oxygen atoms in total. The highest BCUT2D eigenvalue weighted by Gasteiger charge is 2.14. The van der Waals surface area contributed by atoms with Crippen LogP contribution in [-0.2, 0) is 11.3 Å². The maximum Gasteiger partial charge on any atom is 0.261 e. The van der Waals surface area contributed by atoms with Crippen LogP contribution in [0.3, 0.4) is 0 Å². The van der Waals surface area contributed by atoms with Crippen LogP contribution in [0.25, 0.3) is 0 Å². The van der Waals surface area contributed by atoms with E-state index in [4.69, 9.17) is 4.74 Å². The Bertz CT molecular complexity index is 610. The number of amides is 1. The topological polar surface area (TPSA) is 55.4 Å². The van der Waals surface area contributed by atoms with Gasteiger partial charge < -0.3 is 10.1 Å². The Balaban J connectivity index is 1.88. The predicted octanol–water partition coefficient (Wildman–Crippen LogP) is 2.58. The number of ether oxygens (including phenoxy) is 1. The molecule has 0 aliphatic heterocycles. The molecule has 1 amide bonds. The first kappa shape index (κ1) is 14.8. The Morgan fingerprint density at radius 1 is 1.19 bits per heavy atom. The van der Waals surface area contributed by atoms with Crippen molar-refractivity contribution in [3.8, 4) is 5.75 Å². The summed E-state index contributed by atoms with van der Waals surface area (Å²) in [5, 5.41) is 2.81. The molecule has 2 aromatic carbocycles. The molecule has 2 aromatic rings. The van der Waals surface area contributed by atoms with Crippen LogP contribution in [0.1, 0.15) is 22.8 Å². The summed E-state index contributed by atoms with van der Waals surface area (Å²) < 4.78 is 5.54. The molecular weight excluding hydrogens is 266 g/mol. The Kier molecular flexibility index (Phi) is 5.10. The standard InChI is InChI=1S/C17H17NO3/c1-13(21-16-9-5-8-15(10-16)12-19)17(20)18-11-14-6-3-2-4-7-14/h2-10,12-13H,11H2,1H3,(H,18,20)/t13-/m0/s1. The van der Waals surface area contributed by atoms with E-state index in [1.54, 1.807) is 31.2 Å². The van der Waals surface area contributed by atoms with Gasteiger partial charge in [-0.05, 0) is 24.6 Å². The second-order valence-corrected chi connectivity index (χ2v) is 4.65. The lowest BCUT2D eigenvalue weighted by atomic mass is 10.2. The Morgan fingerprint density at radius 2 is 1.95 bits per heavy atom. The number of rotatable bonds is 6. The van der Waals surface area contributed by atoms with E-state index in [1.165, 1.54) is 0 Å². The highest BCUT2D eigenvalue weighted by Crippen LogP contribution is 2.14. The molecule has 0 bridgehead atoms. The molecular formula is C17H17NO3. The molecule has 0 spiro atoms. The molecule has 0 aliphatic carbocycles. The predicted molar refractivity (Wildman–Crippen MR) is 80.2 cm³/mol. The van der Waals surface area contributed by atoms with Crippen molar-refractivity contribution in [1.29, 1.82) is 0 Å². The summed E-state index contributed by atoms with van der Waals surface area (Å²) in [4.78, 5) is 22.7. The highest BCUT2D eigenvalue weighted by molar-refractivity contribution is 5.81. The van der Waals surface area contributed by atoms with Crippen LogP contribution in [0.15, 0.2) is 54.6 Å². The molecule has 0 heterocycles. The van der Waals surface area contributed by atoms with E-state index in [0.717, 1.165) is 11.8 Å².